The molecule has 5 heteroatoms. The lowest BCUT2D eigenvalue weighted by molar-refractivity contribution is 0.552. The molecule has 0 unspecified atom stereocenters. The van der Waals surface area contributed by atoms with E-state index in [-0.39, 0.29) is 0 Å². The van der Waals surface area contributed by atoms with Gasteiger partial charge in [0.15, 0.2) is 0 Å². The Kier molecular flexibility index (Phi) is 4.07. The van der Waals surface area contributed by atoms with Gasteiger partial charge < -0.3 is 14.9 Å². The summed E-state index contributed by atoms with van der Waals surface area (Å²) in [6, 6.07) is 0. The predicted molar refractivity (Wildman–Crippen MR) is 46.6 cm³/mol. The highest BCUT2D eigenvalue weighted by Crippen LogP contribution is 1.87. The van der Waals surface area contributed by atoms with E-state index in [1.54, 1.807) is 0 Å². The summed E-state index contributed by atoms with van der Waals surface area (Å²) in [5.41, 5.74) is 0. The summed E-state index contributed by atoms with van der Waals surface area (Å²) in [7, 11) is 8.26. The molecule has 0 spiro atoms. The van der Waals surface area contributed by atoms with E-state index in [0.717, 1.165) is 0 Å². The standard InChI is InChI=1S/C5H18N4Si/c1-6-10(7-2,8-3)9(4)5/h6-8H,1-5H3. The zero-order chi connectivity index (χ0) is 8.20. The van der Waals surface area contributed by atoms with Crippen molar-refractivity contribution in [3.05, 3.63) is 0 Å². The molecule has 0 aromatic carbocycles. The van der Waals surface area contributed by atoms with Crippen LogP contribution in [-0.2, 0) is 0 Å². The lowest BCUT2D eigenvalue weighted by Crippen LogP contribution is -2.77. The van der Waals surface area contributed by atoms with Gasteiger partial charge in [0.2, 0.25) is 0 Å². The molecule has 0 rings (SSSR count). The molecule has 4 nitrogen and oxygen atoms in total. The van der Waals surface area contributed by atoms with Crippen molar-refractivity contribution < 1.29 is 0 Å². The molecule has 62 valence electrons. The van der Waals surface area contributed by atoms with Crippen LogP contribution in [0.4, 0.5) is 0 Å². The average molecular weight is 162 g/mol. The largest absolute Gasteiger partial charge is 0.367 e. The summed E-state index contributed by atoms with van der Waals surface area (Å²) in [5.74, 6) is 0. The number of rotatable bonds is 4. The Balaban J connectivity index is 4.15. The molecule has 0 amide bonds. The maximum atomic E-state index is 3.26. The lowest BCUT2D eigenvalue weighted by Gasteiger charge is -2.34. The van der Waals surface area contributed by atoms with E-state index in [1.807, 2.05) is 21.1 Å². The molecule has 0 aromatic heterocycles. The van der Waals surface area contributed by atoms with Gasteiger partial charge in [0.1, 0.15) is 0 Å². The number of nitrogens with zero attached hydrogens (tertiary/aromatic N) is 1. The Hall–Kier alpha value is 0.0569. The van der Waals surface area contributed by atoms with Crippen LogP contribution in [-0.4, -0.2) is 48.5 Å². The highest BCUT2D eigenvalue weighted by atomic mass is 28.4. The molecule has 0 aliphatic rings. The third-order valence-electron chi connectivity index (χ3n) is 1.76. The minimum atomic E-state index is -1.71. The first kappa shape index (κ1) is 10.1. The second-order valence-electron chi connectivity index (χ2n) is 2.35. The minimum absolute atomic E-state index is 1.71. The second kappa shape index (κ2) is 4.04. The van der Waals surface area contributed by atoms with Crippen molar-refractivity contribution in [3.8, 4) is 0 Å². The van der Waals surface area contributed by atoms with Gasteiger partial charge in [-0.05, 0) is 35.2 Å². The first-order valence-electron chi connectivity index (χ1n) is 3.37. The molecule has 10 heavy (non-hydrogen) atoms. The summed E-state index contributed by atoms with van der Waals surface area (Å²) in [5, 5.41) is 0. The van der Waals surface area contributed by atoms with Gasteiger partial charge in [0.25, 0.3) is 0 Å². The van der Waals surface area contributed by atoms with Crippen LogP contribution >= 0.6 is 0 Å². The second-order valence-corrected chi connectivity index (χ2v) is 6.17. The molecule has 0 atom stereocenters. The van der Waals surface area contributed by atoms with Gasteiger partial charge in [0.05, 0.1) is 0 Å². The van der Waals surface area contributed by atoms with Crippen LogP contribution in [0.15, 0.2) is 0 Å². The molecule has 0 saturated heterocycles. The normalized spacial score (nSPS) is 12.6. The zero-order valence-electron chi connectivity index (χ0n) is 7.45. The Morgan fingerprint density at radius 3 is 1.20 bits per heavy atom. The number of nitrogens with one attached hydrogen (secondary N) is 3. The van der Waals surface area contributed by atoms with E-state index in [4.69, 9.17) is 0 Å². The Morgan fingerprint density at radius 1 is 0.900 bits per heavy atom. The topological polar surface area (TPSA) is 39.3 Å². The van der Waals surface area contributed by atoms with Crippen molar-refractivity contribution in [3.63, 3.8) is 0 Å². The highest BCUT2D eigenvalue weighted by Gasteiger charge is 2.32. The quantitative estimate of drug-likeness (QED) is 0.447. The molecule has 0 saturated carbocycles. The van der Waals surface area contributed by atoms with E-state index >= 15 is 0 Å². The van der Waals surface area contributed by atoms with Crippen LogP contribution in [0.2, 0.25) is 0 Å². The van der Waals surface area contributed by atoms with E-state index in [9.17, 15) is 0 Å². The Morgan fingerprint density at radius 2 is 1.20 bits per heavy atom. The van der Waals surface area contributed by atoms with Crippen LogP contribution in [0, 0.1) is 0 Å². The first-order valence-corrected chi connectivity index (χ1v) is 5.32. The third-order valence-corrected chi connectivity index (χ3v) is 5.27. The van der Waals surface area contributed by atoms with Gasteiger partial charge in [-0.15, -0.1) is 0 Å². The van der Waals surface area contributed by atoms with E-state index in [2.05, 4.69) is 33.6 Å². The van der Waals surface area contributed by atoms with Crippen molar-refractivity contribution in [2.45, 2.75) is 0 Å². The monoisotopic (exact) mass is 162 g/mol. The highest BCUT2D eigenvalue weighted by molar-refractivity contribution is 6.69. The molecular formula is C5H18N4Si. The fourth-order valence-corrected chi connectivity index (χ4v) is 3.14. The van der Waals surface area contributed by atoms with Crippen molar-refractivity contribution in [1.82, 2.24) is 19.5 Å². The molecule has 0 aliphatic carbocycles. The first-order chi connectivity index (χ1) is 4.63. The van der Waals surface area contributed by atoms with E-state index < -0.39 is 8.72 Å². The van der Waals surface area contributed by atoms with Crippen molar-refractivity contribution in [2.75, 3.05) is 35.2 Å². The molecule has 0 heterocycles. The molecule has 3 N–H and O–H groups in total. The summed E-state index contributed by atoms with van der Waals surface area (Å²) in [6.45, 7) is 0. The molecule has 0 aromatic rings. The van der Waals surface area contributed by atoms with Crippen molar-refractivity contribution >= 4 is 8.72 Å². The Labute approximate surface area is 64.3 Å². The molecule has 0 radical (unpaired) electrons. The maximum absolute atomic E-state index is 3.26. The van der Waals surface area contributed by atoms with Crippen molar-refractivity contribution in [2.24, 2.45) is 0 Å². The molecule has 0 aliphatic heterocycles. The number of hydrogen-bond acceptors (Lipinski definition) is 4. The summed E-state index contributed by atoms with van der Waals surface area (Å²) in [4.78, 5) is 9.77. The van der Waals surface area contributed by atoms with Gasteiger partial charge in [-0.2, -0.15) is 0 Å². The van der Waals surface area contributed by atoms with E-state index in [0.29, 0.717) is 0 Å². The average Bonchev–Trinajstić information content (AvgIpc) is 1.92. The van der Waals surface area contributed by atoms with Gasteiger partial charge in [0, 0.05) is 0 Å². The van der Waals surface area contributed by atoms with Crippen LogP contribution in [0.5, 0.6) is 0 Å². The fraction of sp³-hybridized carbons (Fsp3) is 1.00. The van der Waals surface area contributed by atoms with Crippen LogP contribution < -0.4 is 14.9 Å². The summed E-state index contributed by atoms with van der Waals surface area (Å²) >= 11 is 0. The Bertz CT molecular complexity index is 83.4. The molecular weight excluding hydrogens is 144 g/mol. The van der Waals surface area contributed by atoms with Gasteiger partial charge in [-0.1, -0.05) is 0 Å². The van der Waals surface area contributed by atoms with Crippen LogP contribution in [0.25, 0.3) is 0 Å². The minimum Gasteiger partial charge on any atom is -0.303 e. The van der Waals surface area contributed by atoms with Gasteiger partial charge in [-0.3, -0.25) is 4.57 Å². The summed E-state index contributed by atoms with van der Waals surface area (Å²) < 4.78 is 2.16. The fourth-order valence-electron chi connectivity index (χ4n) is 1.05. The SMILES string of the molecule is CN[Si](NC)(NC)N(C)C. The van der Waals surface area contributed by atoms with E-state index in [1.165, 1.54) is 0 Å². The van der Waals surface area contributed by atoms with Crippen LogP contribution in [0.3, 0.4) is 0 Å². The third kappa shape index (κ3) is 1.77. The molecule has 0 fully saturated rings. The zero-order valence-corrected chi connectivity index (χ0v) is 8.45. The smallest absolute Gasteiger partial charge is 0.303 e. The lowest BCUT2D eigenvalue weighted by atomic mass is 11.3. The van der Waals surface area contributed by atoms with Crippen LogP contribution in [0.1, 0.15) is 0 Å². The van der Waals surface area contributed by atoms with Gasteiger partial charge >= 0.3 is 8.72 Å². The molecule has 0 bridgehead atoms. The predicted octanol–water partition coefficient (Wildman–Crippen LogP) is -1.36. The maximum Gasteiger partial charge on any atom is 0.367 e. The summed E-state index contributed by atoms with van der Waals surface area (Å²) in [6.07, 6.45) is 0. The van der Waals surface area contributed by atoms with Crippen molar-refractivity contribution in [1.29, 1.82) is 0 Å². The van der Waals surface area contributed by atoms with Gasteiger partial charge in [-0.25, -0.2) is 0 Å². The number of hydrogen-bond donors (Lipinski definition) is 3.